The van der Waals surface area contributed by atoms with E-state index in [0.717, 1.165) is 18.5 Å². The summed E-state index contributed by atoms with van der Waals surface area (Å²) in [6.45, 7) is 0. The summed E-state index contributed by atoms with van der Waals surface area (Å²) >= 11 is 0. The lowest BCUT2D eigenvalue weighted by Gasteiger charge is -1.85. The fraction of sp³-hybridized carbons (Fsp3) is 0. The molecule has 0 aliphatic rings. The molecule has 0 radical (unpaired) electrons. The molecular formula is C5H4FN2O2+. The summed E-state index contributed by atoms with van der Waals surface area (Å²) in [6, 6.07) is 1.07. The minimum atomic E-state index is -0.847. The van der Waals surface area contributed by atoms with E-state index in [9.17, 15) is 9.30 Å². The summed E-state index contributed by atoms with van der Waals surface area (Å²) in [5, 5.41) is 10.9. The fourth-order valence-electron chi connectivity index (χ4n) is 0.526. The van der Waals surface area contributed by atoms with E-state index in [1.54, 1.807) is 0 Å². The number of pyridine rings is 1. The molecule has 0 bridgehead atoms. The van der Waals surface area contributed by atoms with Gasteiger partial charge < -0.3 is 0 Å². The monoisotopic (exact) mass is 143 g/mol. The van der Waals surface area contributed by atoms with E-state index in [1.165, 1.54) is 0 Å². The average molecular weight is 143 g/mol. The summed E-state index contributed by atoms with van der Waals surface area (Å²) in [5.41, 5.74) is -0.315. The maximum atomic E-state index is 12.4. The van der Waals surface area contributed by atoms with E-state index in [4.69, 9.17) is 5.21 Å². The van der Waals surface area contributed by atoms with Gasteiger partial charge in [0.05, 0.1) is 0 Å². The van der Waals surface area contributed by atoms with Crippen molar-refractivity contribution in [2.75, 3.05) is 0 Å². The molecule has 52 valence electrons. The van der Waals surface area contributed by atoms with Gasteiger partial charge in [0.25, 0.3) is 6.20 Å². The molecule has 0 aliphatic carbocycles. The van der Waals surface area contributed by atoms with Crippen molar-refractivity contribution >= 4 is 5.69 Å². The first-order chi connectivity index (χ1) is 4.74. The Morgan fingerprint density at radius 1 is 1.70 bits per heavy atom. The van der Waals surface area contributed by atoms with Crippen molar-refractivity contribution in [3.63, 3.8) is 0 Å². The predicted octanol–water partition coefficient (Wildman–Crippen LogP) is 0.748. The second kappa shape index (κ2) is 2.38. The van der Waals surface area contributed by atoms with Crippen LogP contribution < -0.4 is 4.73 Å². The van der Waals surface area contributed by atoms with E-state index in [1.807, 2.05) is 0 Å². The van der Waals surface area contributed by atoms with Crippen molar-refractivity contribution in [3.05, 3.63) is 29.2 Å². The van der Waals surface area contributed by atoms with E-state index in [-0.39, 0.29) is 5.69 Å². The first-order valence-corrected chi connectivity index (χ1v) is 2.47. The quantitative estimate of drug-likeness (QED) is 0.358. The summed E-state index contributed by atoms with van der Waals surface area (Å²) in [7, 11) is 0. The van der Waals surface area contributed by atoms with Crippen molar-refractivity contribution in [3.8, 4) is 0 Å². The van der Waals surface area contributed by atoms with Gasteiger partial charge in [0.2, 0.25) is 12.0 Å². The second-order valence-electron chi connectivity index (χ2n) is 1.65. The van der Waals surface area contributed by atoms with Gasteiger partial charge in [0.1, 0.15) is 0 Å². The maximum absolute atomic E-state index is 12.4. The number of nitrogens with zero attached hydrogens (tertiary/aromatic N) is 2. The number of aromatic nitrogens is 1. The summed E-state index contributed by atoms with van der Waals surface area (Å²) < 4.78 is 12.9. The van der Waals surface area contributed by atoms with Crippen LogP contribution in [0.15, 0.2) is 23.6 Å². The van der Waals surface area contributed by atoms with Crippen LogP contribution in [0.4, 0.5) is 10.1 Å². The molecule has 1 heterocycles. The van der Waals surface area contributed by atoms with Crippen LogP contribution in [-0.4, -0.2) is 5.21 Å². The molecule has 1 N–H and O–H groups in total. The smallest absolute Gasteiger partial charge is 0.260 e. The highest BCUT2D eigenvalue weighted by Crippen LogP contribution is 2.12. The number of rotatable bonds is 1. The van der Waals surface area contributed by atoms with E-state index >= 15 is 0 Å². The molecule has 1 aromatic rings. The summed E-state index contributed by atoms with van der Waals surface area (Å²) in [6.07, 6.45) is 1.86. The Kier molecular flexibility index (Phi) is 1.57. The Bertz CT molecular complexity index is 264. The Morgan fingerprint density at radius 2 is 2.40 bits per heavy atom. The highest BCUT2D eigenvalue weighted by Gasteiger charge is 2.07. The Hall–Kier alpha value is -1.52. The SMILES string of the molecule is O=Nc1cc[n+](O)cc1F. The van der Waals surface area contributed by atoms with Crippen LogP contribution in [0, 0.1) is 10.7 Å². The van der Waals surface area contributed by atoms with Gasteiger partial charge in [0.15, 0.2) is 5.69 Å². The van der Waals surface area contributed by atoms with Crippen LogP contribution in [0.3, 0.4) is 0 Å². The summed E-state index contributed by atoms with van der Waals surface area (Å²) in [5.74, 6) is -0.847. The lowest BCUT2D eigenvalue weighted by molar-refractivity contribution is -0.905. The van der Waals surface area contributed by atoms with Crippen LogP contribution in [0.5, 0.6) is 0 Å². The normalized spacial score (nSPS) is 9.30. The Balaban J connectivity index is 3.19. The van der Waals surface area contributed by atoms with Crippen molar-refractivity contribution in [2.45, 2.75) is 0 Å². The van der Waals surface area contributed by atoms with Crippen LogP contribution in [0.1, 0.15) is 0 Å². The van der Waals surface area contributed by atoms with Gasteiger partial charge in [-0.1, -0.05) is 0 Å². The maximum Gasteiger partial charge on any atom is 0.260 e. The molecule has 0 unspecified atom stereocenters. The lowest BCUT2D eigenvalue weighted by Crippen LogP contribution is -2.28. The van der Waals surface area contributed by atoms with Crippen molar-refractivity contribution in [1.29, 1.82) is 0 Å². The molecule has 0 fully saturated rings. The second-order valence-corrected chi connectivity index (χ2v) is 1.65. The molecule has 0 aliphatic heterocycles. The molecule has 1 aromatic heterocycles. The van der Waals surface area contributed by atoms with Gasteiger partial charge in [-0.15, -0.1) is 4.91 Å². The van der Waals surface area contributed by atoms with Gasteiger partial charge in [-0.25, -0.2) is 0 Å². The first-order valence-electron chi connectivity index (χ1n) is 2.47. The largest absolute Gasteiger partial charge is 0.285 e. The molecule has 1 rings (SSSR count). The average Bonchev–Trinajstić information content (AvgIpc) is 1.88. The molecule has 5 heteroatoms. The zero-order valence-corrected chi connectivity index (χ0v) is 4.86. The van der Waals surface area contributed by atoms with Gasteiger partial charge in [-0.3, -0.25) is 5.21 Å². The van der Waals surface area contributed by atoms with Gasteiger partial charge in [-0.2, -0.15) is 4.39 Å². The molecule has 10 heavy (non-hydrogen) atoms. The first kappa shape index (κ1) is 6.60. The van der Waals surface area contributed by atoms with Crippen molar-refractivity contribution in [1.82, 2.24) is 0 Å². The number of halogens is 1. The molecular weight excluding hydrogens is 139 g/mol. The topological polar surface area (TPSA) is 53.5 Å². The highest BCUT2D eigenvalue weighted by atomic mass is 19.1. The zero-order chi connectivity index (χ0) is 7.56. The van der Waals surface area contributed by atoms with Gasteiger partial charge >= 0.3 is 0 Å². The van der Waals surface area contributed by atoms with E-state index in [0.29, 0.717) is 4.73 Å². The Labute approximate surface area is 55.5 Å². The van der Waals surface area contributed by atoms with Crippen LogP contribution in [0.2, 0.25) is 0 Å². The van der Waals surface area contributed by atoms with Crippen LogP contribution >= 0.6 is 0 Å². The molecule has 4 nitrogen and oxygen atoms in total. The molecule has 0 saturated carbocycles. The molecule has 0 aromatic carbocycles. The minimum absolute atomic E-state index is 0.315. The lowest BCUT2D eigenvalue weighted by atomic mass is 10.4. The van der Waals surface area contributed by atoms with Gasteiger partial charge in [-0.05, 0) is 5.18 Å². The van der Waals surface area contributed by atoms with Crippen molar-refractivity contribution < 1.29 is 14.3 Å². The van der Waals surface area contributed by atoms with Crippen molar-refractivity contribution in [2.24, 2.45) is 5.18 Å². The zero-order valence-electron chi connectivity index (χ0n) is 4.86. The van der Waals surface area contributed by atoms with Gasteiger partial charge in [0, 0.05) is 10.8 Å². The molecule has 0 spiro atoms. The van der Waals surface area contributed by atoms with Crippen LogP contribution in [-0.2, 0) is 0 Å². The number of hydrogen-bond donors (Lipinski definition) is 1. The third-order valence-corrected chi connectivity index (χ3v) is 0.974. The third kappa shape index (κ3) is 1.07. The number of nitroso groups, excluding NO2 is 1. The molecule has 0 amide bonds. The van der Waals surface area contributed by atoms with E-state index in [2.05, 4.69) is 5.18 Å². The Morgan fingerprint density at radius 3 is 2.90 bits per heavy atom. The van der Waals surface area contributed by atoms with Crippen LogP contribution in [0.25, 0.3) is 0 Å². The van der Waals surface area contributed by atoms with E-state index < -0.39 is 5.82 Å². The fourth-order valence-corrected chi connectivity index (χ4v) is 0.526. The highest BCUT2D eigenvalue weighted by molar-refractivity contribution is 5.33. The minimum Gasteiger partial charge on any atom is -0.285 e. The predicted molar refractivity (Wildman–Crippen MR) is 29.2 cm³/mol. The summed E-state index contributed by atoms with van der Waals surface area (Å²) in [4.78, 5) is 9.76. The molecule has 0 saturated heterocycles. The third-order valence-electron chi connectivity index (χ3n) is 0.974. The standard InChI is InChI=1S/C5H4FN2O2/c6-4-3-8(10)2-1-5(4)7-9/h1-3,10H/q+1. The molecule has 0 atom stereocenters. The number of hydrogen-bond acceptors (Lipinski definition) is 3.